The molecule has 0 saturated heterocycles. The average Bonchev–Trinajstić information content (AvgIpc) is 3.65. The van der Waals surface area contributed by atoms with E-state index in [2.05, 4.69) is 31.1 Å². The van der Waals surface area contributed by atoms with Gasteiger partial charge in [-0.2, -0.15) is 24.9 Å². The van der Waals surface area contributed by atoms with Crippen molar-refractivity contribution in [3.8, 4) is 11.1 Å². The van der Waals surface area contributed by atoms with E-state index < -0.39 is 11.7 Å². The number of carbonyl (C=O) groups excluding carboxylic acids is 2. The zero-order valence-corrected chi connectivity index (χ0v) is 26.5. The van der Waals surface area contributed by atoms with Crippen molar-refractivity contribution >= 4 is 41.0 Å². The second kappa shape index (κ2) is 16.5. The molecule has 1 N–H and O–H groups in total. The van der Waals surface area contributed by atoms with Crippen LogP contribution >= 0.6 is 23.1 Å². The maximum absolute atomic E-state index is 13.2. The molecule has 1 unspecified atom stereocenters. The quantitative estimate of drug-likeness (QED) is 0.171. The number of carbonyl (C=O) groups is 2. The summed E-state index contributed by atoms with van der Waals surface area (Å²) >= 11 is 3.50. The summed E-state index contributed by atoms with van der Waals surface area (Å²) in [4.78, 5) is 26.9. The van der Waals surface area contributed by atoms with Crippen molar-refractivity contribution in [1.82, 2.24) is 10.2 Å². The van der Waals surface area contributed by atoms with Crippen molar-refractivity contribution < 1.29 is 22.8 Å². The van der Waals surface area contributed by atoms with Crippen molar-refractivity contribution in [1.29, 1.82) is 0 Å². The van der Waals surface area contributed by atoms with Crippen molar-refractivity contribution in [2.75, 3.05) is 19.1 Å². The second-order valence-electron chi connectivity index (χ2n) is 10.6. The lowest BCUT2D eigenvalue weighted by molar-refractivity contribution is -0.137. The van der Waals surface area contributed by atoms with Crippen LogP contribution in [0, 0.1) is 11.8 Å². The van der Waals surface area contributed by atoms with Gasteiger partial charge in [-0.3, -0.25) is 9.59 Å². The number of alkyl halides is 3. The first kappa shape index (κ1) is 34.2. The van der Waals surface area contributed by atoms with Gasteiger partial charge in [0.15, 0.2) is 0 Å². The molecule has 0 radical (unpaired) electrons. The van der Waals surface area contributed by atoms with E-state index in [1.165, 1.54) is 22.6 Å². The van der Waals surface area contributed by atoms with Gasteiger partial charge in [0.25, 0.3) is 0 Å². The molecule has 2 amide bonds. The van der Waals surface area contributed by atoms with Crippen LogP contribution < -0.4 is 5.32 Å². The number of hydrogen-bond acceptors (Lipinski definition) is 4. The molecule has 1 fully saturated rings. The third kappa shape index (κ3) is 9.86. The fourth-order valence-electron chi connectivity index (χ4n) is 5.21. The highest BCUT2D eigenvalue weighted by Crippen LogP contribution is 2.37. The van der Waals surface area contributed by atoms with Crippen LogP contribution in [0.1, 0.15) is 47.1 Å². The molecule has 0 aliphatic heterocycles. The lowest BCUT2D eigenvalue weighted by Crippen LogP contribution is -2.33. The molecule has 0 bridgehead atoms. The first-order valence-electron chi connectivity index (χ1n) is 14.2. The van der Waals surface area contributed by atoms with Gasteiger partial charge in [0.1, 0.15) is 0 Å². The maximum atomic E-state index is 13.2. The molecule has 1 aliphatic rings. The first-order valence-corrected chi connectivity index (χ1v) is 16.4. The van der Waals surface area contributed by atoms with E-state index >= 15 is 0 Å². The third-order valence-electron chi connectivity index (χ3n) is 7.43. The summed E-state index contributed by atoms with van der Waals surface area (Å²) in [7, 11) is 1.79. The van der Waals surface area contributed by atoms with Crippen molar-refractivity contribution in [3.63, 3.8) is 0 Å². The normalized spacial score (nSPS) is 16.7. The number of nitrogens with zero attached hydrogens (tertiary/aromatic N) is 1. The van der Waals surface area contributed by atoms with Crippen LogP contribution in [0.4, 0.5) is 13.2 Å². The van der Waals surface area contributed by atoms with Gasteiger partial charge in [0.2, 0.25) is 12.3 Å². The number of halogens is 3. The summed E-state index contributed by atoms with van der Waals surface area (Å²) < 4.78 is 39.6. The van der Waals surface area contributed by atoms with Gasteiger partial charge in [-0.05, 0) is 65.5 Å². The molecular formula is C34H39F3N2O2S2. The van der Waals surface area contributed by atoms with E-state index in [0.717, 1.165) is 47.9 Å². The third-order valence-corrected chi connectivity index (χ3v) is 9.19. The number of allylic oxidation sites excluding steroid dienone is 2. The number of amides is 2. The number of hydrogen-bond donors (Lipinski definition) is 1. The van der Waals surface area contributed by atoms with Crippen molar-refractivity contribution in [2.45, 2.75) is 45.5 Å². The van der Waals surface area contributed by atoms with Crippen LogP contribution in [-0.2, 0) is 28.9 Å². The van der Waals surface area contributed by atoms with Gasteiger partial charge < -0.3 is 10.2 Å². The lowest BCUT2D eigenvalue weighted by Gasteiger charge is -2.23. The Bertz CT molecular complexity index is 1380. The van der Waals surface area contributed by atoms with Crippen LogP contribution in [0.5, 0.6) is 0 Å². The van der Waals surface area contributed by atoms with E-state index in [4.69, 9.17) is 0 Å². The fraction of sp³-hybridized carbons (Fsp3) is 0.353. The van der Waals surface area contributed by atoms with Gasteiger partial charge in [0.05, 0.1) is 12.1 Å². The van der Waals surface area contributed by atoms with Crippen LogP contribution in [0.3, 0.4) is 0 Å². The predicted molar refractivity (Wildman–Crippen MR) is 174 cm³/mol. The van der Waals surface area contributed by atoms with Gasteiger partial charge in [-0.1, -0.05) is 74.5 Å². The molecule has 1 heterocycles. The highest BCUT2D eigenvalue weighted by molar-refractivity contribution is 7.99. The Labute approximate surface area is 261 Å². The Kier molecular flexibility index (Phi) is 13.1. The molecule has 1 aliphatic carbocycles. The predicted octanol–water partition coefficient (Wildman–Crippen LogP) is 8.69. The smallest absolute Gasteiger partial charge is 0.354 e. The number of benzene rings is 2. The zero-order valence-electron chi connectivity index (χ0n) is 24.8. The molecule has 2 atom stereocenters. The van der Waals surface area contributed by atoms with E-state index in [1.54, 1.807) is 65.4 Å². The monoisotopic (exact) mass is 628 g/mol. The Morgan fingerprint density at radius 1 is 1.12 bits per heavy atom. The molecular weight excluding hydrogens is 590 g/mol. The number of rotatable bonds is 11. The summed E-state index contributed by atoms with van der Waals surface area (Å²) in [6, 6.07) is 16.7. The van der Waals surface area contributed by atoms with E-state index in [0.29, 0.717) is 24.6 Å². The highest BCUT2D eigenvalue weighted by Gasteiger charge is 2.33. The molecule has 230 valence electrons. The Balaban J connectivity index is 0.000000271. The molecule has 4 nitrogen and oxygen atoms in total. The van der Waals surface area contributed by atoms with E-state index in [-0.39, 0.29) is 17.4 Å². The van der Waals surface area contributed by atoms with Crippen molar-refractivity contribution in [2.24, 2.45) is 11.8 Å². The molecule has 1 saturated carbocycles. The Hall–Kier alpha value is -3.30. The fourth-order valence-corrected chi connectivity index (χ4v) is 6.84. The van der Waals surface area contributed by atoms with Crippen LogP contribution in [-0.4, -0.2) is 36.3 Å². The van der Waals surface area contributed by atoms with Crippen LogP contribution in [0.15, 0.2) is 79.4 Å². The Morgan fingerprint density at radius 2 is 1.84 bits per heavy atom. The standard InChI is InChI=1S/C22H24F3NO.C12H15NOS2/c1-15-6-5-8-18(15)21(27)26(2)14-16-10-12-17(13-11-16)19-7-3-4-9-20(19)22(23,24)25;1-3-4-10(8-15-2)12-6-5-11(16-12)7-13-9-14/h3-4,7,9-13,15,18H,5-6,8,14H2,1-2H3;3-6,9H,1,7-8H2,2H3,(H,13,14)/b;10-4+/t15?,18-;/m1./s1. The van der Waals surface area contributed by atoms with E-state index in [9.17, 15) is 22.8 Å². The van der Waals surface area contributed by atoms with Crippen molar-refractivity contribution in [3.05, 3.63) is 100 Å². The topological polar surface area (TPSA) is 49.4 Å². The average molecular weight is 629 g/mol. The van der Waals surface area contributed by atoms with Gasteiger partial charge in [0, 0.05) is 35.0 Å². The highest BCUT2D eigenvalue weighted by atomic mass is 32.2. The number of thiophene rings is 1. The minimum absolute atomic E-state index is 0.0907. The molecule has 4 rings (SSSR count). The zero-order chi connectivity index (χ0) is 31.4. The number of nitrogens with one attached hydrogen (secondary N) is 1. The molecule has 9 heteroatoms. The van der Waals surface area contributed by atoms with E-state index in [1.807, 2.05) is 18.2 Å². The maximum Gasteiger partial charge on any atom is 0.417 e. The van der Waals surface area contributed by atoms with Gasteiger partial charge in [-0.15, -0.1) is 11.3 Å². The molecule has 1 aromatic heterocycles. The van der Waals surface area contributed by atoms with Crippen LogP contribution in [0.2, 0.25) is 0 Å². The van der Waals surface area contributed by atoms with Crippen LogP contribution in [0.25, 0.3) is 16.7 Å². The molecule has 2 aromatic carbocycles. The summed E-state index contributed by atoms with van der Waals surface area (Å²) in [6.07, 6.45) is 5.41. The first-order chi connectivity index (χ1) is 20.6. The SMILES string of the molecule is C=C/C=C(\CSC)c1ccc(CNC=O)s1.CC1CCC[C@H]1C(=O)N(C)Cc1ccc(-c2ccccc2C(F)(F)F)cc1. The largest absolute Gasteiger partial charge is 0.417 e. The molecule has 0 spiro atoms. The summed E-state index contributed by atoms with van der Waals surface area (Å²) in [5.41, 5.74) is 2.24. The molecule has 43 heavy (non-hydrogen) atoms. The Morgan fingerprint density at radius 3 is 2.44 bits per heavy atom. The number of thioether (sulfide) groups is 1. The summed E-state index contributed by atoms with van der Waals surface area (Å²) in [5, 5.41) is 2.67. The summed E-state index contributed by atoms with van der Waals surface area (Å²) in [5.74, 6) is 1.65. The minimum Gasteiger partial charge on any atom is -0.354 e. The lowest BCUT2D eigenvalue weighted by atomic mass is 9.96. The summed E-state index contributed by atoms with van der Waals surface area (Å²) in [6.45, 7) is 6.91. The second-order valence-corrected chi connectivity index (χ2v) is 12.6. The van der Waals surface area contributed by atoms with Gasteiger partial charge in [-0.25, -0.2) is 0 Å². The molecule has 3 aromatic rings. The van der Waals surface area contributed by atoms with Gasteiger partial charge >= 0.3 is 6.18 Å². The minimum atomic E-state index is -4.39.